The molecule has 170 valence electrons. The lowest BCUT2D eigenvalue weighted by atomic mass is 10.1. The molecule has 0 bridgehead atoms. The van der Waals surface area contributed by atoms with Gasteiger partial charge in [-0.15, -0.1) is 0 Å². The van der Waals surface area contributed by atoms with Crippen molar-refractivity contribution in [2.24, 2.45) is 0 Å². The normalized spacial score (nSPS) is 13.8. The third kappa shape index (κ3) is 5.38. The second kappa shape index (κ2) is 9.03. The molecule has 0 fully saturated rings. The first-order valence-electron chi connectivity index (χ1n) is 10.2. The molecule has 0 spiro atoms. The number of fused-ring (bicyclic) bond motifs is 1. The van der Waals surface area contributed by atoms with E-state index in [0.29, 0.717) is 28.5 Å². The van der Waals surface area contributed by atoms with Gasteiger partial charge in [-0.05, 0) is 55.6 Å². The van der Waals surface area contributed by atoms with Gasteiger partial charge >= 0.3 is 0 Å². The fourth-order valence-corrected chi connectivity index (χ4v) is 4.11. The Morgan fingerprint density at radius 1 is 1.18 bits per heavy atom. The molecule has 0 radical (unpaired) electrons. The van der Waals surface area contributed by atoms with Crippen molar-refractivity contribution in [3.8, 4) is 5.75 Å². The van der Waals surface area contributed by atoms with Crippen LogP contribution in [0, 0.1) is 12.7 Å². The predicted molar refractivity (Wildman–Crippen MR) is 132 cm³/mol. The molecule has 0 saturated heterocycles. The largest absolute Gasteiger partial charge is 0.484 e. The fourth-order valence-electron chi connectivity index (χ4n) is 3.49. The second-order valence-corrected chi connectivity index (χ2v) is 10.0. The Bertz CT molecular complexity index is 1410. The molecule has 33 heavy (non-hydrogen) atoms. The number of ether oxygens (including phenoxy) is 1. The van der Waals surface area contributed by atoms with Crippen LogP contribution in [-0.2, 0) is 9.71 Å². The topological polar surface area (TPSA) is 89.0 Å². The van der Waals surface area contributed by atoms with E-state index in [0.717, 1.165) is 16.5 Å². The highest BCUT2D eigenvalue weighted by Gasteiger charge is 2.15. The van der Waals surface area contributed by atoms with Crippen molar-refractivity contribution in [3.63, 3.8) is 0 Å². The van der Waals surface area contributed by atoms with Gasteiger partial charge in [0.15, 0.2) is 0 Å². The molecule has 2 aromatic heterocycles. The quantitative estimate of drug-likeness (QED) is 0.372. The lowest BCUT2D eigenvalue weighted by Gasteiger charge is -2.19. The minimum atomic E-state index is -2.43. The molecule has 9 heteroatoms. The van der Waals surface area contributed by atoms with Gasteiger partial charge in [-0.25, -0.2) is 18.6 Å². The van der Waals surface area contributed by atoms with Crippen LogP contribution in [0.2, 0.25) is 0 Å². The van der Waals surface area contributed by atoms with E-state index in [2.05, 4.69) is 30.9 Å². The van der Waals surface area contributed by atoms with Gasteiger partial charge in [0.2, 0.25) is 0 Å². The summed E-state index contributed by atoms with van der Waals surface area (Å²) in [5, 5.41) is 4.04. The van der Waals surface area contributed by atoms with Crippen LogP contribution in [0.4, 0.5) is 21.6 Å². The van der Waals surface area contributed by atoms with Crippen molar-refractivity contribution < 1.29 is 13.3 Å². The van der Waals surface area contributed by atoms with E-state index in [9.17, 15) is 8.60 Å². The smallest absolute Gasteiger partial charge is 0.146 e. The molecule has 2 N–H and O–H groups in total. The molecule has 0 saturated carbocycles. The van der Waals surface area contributed by atoms with Crippen LogP contribution >= 0.6 is 0 Å². The van der Waals surface area contributed by atoms with Gasteiger partial charge in [-0.2, -0.15) is 0 Å². The summed E-state index contributed by atoms with van der Waals surface area (Å²) < 4.78 is 35.1. The van der Waals surface area contributed by atoms with Crippen molar-refractivity contribution in [1.29, 1.82) is 0 Å². The predicted octanol–water partition coefficient (Wildman–Crippen LogP) is 5.03. The van der Waals surface area contributed by atoms with Crippen LogP contribution in [0.1, 0.15) is 24.2 Å². The summed E-state index contributed by atoms with van der Waals surface area (Å²) in [6.07, 6.45) is 6.02. The van der Waals surface area contributed by atoms with Crippen LogP contribution in [-0.4, -0.2) is 31.3 Å². The van der Waals surface area contributed by atoms with Crippen molar-refractivity contribution in [2.45, 2.75) is 20.0 Å². The van der Waals surface area contributed by atoms with E-state index in [-0.39, 0.29) is 6.10 Å². The summed E-state index contributed by atoms with van der Waals surface area (Å²) in [7, 11) is -2.43. The number of hydrogen-bond donors (Lipinski definition) is 2. The molecule has 4 aromatic rings. The van der Waals surface area contributed by atoms with Gasteiger partial charge in [-0.3, -0.25) is 4.98 Å². The molecule has 2 unspecified atom stereocenters. The summed E-state index contributed by atoms with van der Waals surface area (Å²) in [6, 6.07) is 11.7. The van der Waals surface area contributed by atoms with E-state index in [4.69, 9.17) is 4.74 Å². The molecule has 0 amide bonds. The summed E-state index contributed by atoms with van der Waals surface area (Å²) in [6.45, 7) is 3.79. The summed E-state index contributed by atoms with van der Waals surface area (Å²) in [5.74, 6) is 4.11. The van der Waals surface area contributed by atoms with E-state index < -0.39 is 15.5 Å². The first kappa shape index (κ1) is 22.5. The molecule has 0 aliphatic heterocycles. The first-order chi connectivity index (χ1) is 15.7. The lowest BCUT2D eigenvalue weighted by Crippen LogP contribution is -2.09. The molecule has 0 aliphatic rings. The van der Waals surface area contributed by atoms with E-state index in [1.54, 1.807) is 24.5 Å². The number of aryl methyl sites for hydroxylation is 1. The zero-order chi connectivity index (χ0) is 23.6. The standard InChI is InChI=1S/C24H24FN5O2S/c1-15-10-19(30-33(3,4)31)12-21-23(15)24(28-14-27-21)29-20-8-7-18(25)11-22(20)32-16(2)17-6-5-9-26-13-17/h5-14,16H,3H2,1-2,4H3,(H,30,31)(H,27,28,29). The van der Waals surface area contributed by atoms with Crippen LogP contribution in [0.15, 0.2) is 61.2 Å². The van der Waals surface area contributed by atoms with E-state index >= 15 is 0 Å². The zero-order valence-corrected chi connectivity index (χ0v) is 19.3. The Hall–Kier alpha value is -3.72. The molecule has 0 aliphatic carbocycles. The number of benzene rings is 2. The minimum absolute atomic E-state index is 0.342. The monoisotopic (exact) mass is 465 g/mol. The number of hydrogen-bond acceptors (Lipinski definition) is 6. The number of pyridine rings is 1. The van der Waals surface area contributed by atoms with Gasteiger partial charge in [-0.1, -0.05) is 6.07 Å². The third-order valence-electron chi connectivity index (χ3n) is 4.92. The number of anilines is 3. The van der Waals surface area contributed by atoms with Crippen LogP contribution in [0.3, 0.4) is 0 Å². The number of nitrogens with zero attached hydrogens (tertiary/aromatic N) is 3. The fraction of sp³-hybridized carbons (Fsp3) is 0.167. The van der Waals surface area contributed by atoms with Crippen LogP contribution < -0.4 is 14.8 Å². The summed E-state index contributed by atoms with van der Waals surface area (Å²) >= 11 is 0. The average molecular weight is 466 g/mol. The number of halogens is 1. The minimum Gasteiger partial charge on any atom is -0.484 e. The van der Waals surface area contributed by atoms with E-state index in [1.807, 2.05) is 32.0 Å². The molecule has 2 heterocycles. The third-order valence-corrected chi connectivity index (χ3v) is 5.59. The van der Waals surface area contributed by atoms with Gasteiger partial charge in [0.1, 0.15) is 29.8 Å². The molecule has 2 atom stereocenters. The maximum atomic E-state index is 14.1. The van der Waals surface area contributed by atoms with Crippen molar-refractivity contribution >= 4 is 43.7 Å². The lowest BCUT2D eigenvalue weighted by molar-refractivity contribution is 0.227. The van der Waals surface area contributed by atoms with Gasteiger partial charge in [0.05, 0.1) is 11.2 Å². The molecule has 4 rings (SSSR count). The van der Waals surface area contributed by atoms with Crippen molar-refractivity contribution in [1.82, 2.24) is 15.0 Å². The van der Waals surface area contributed by atoms with Gasteiger partial charge in [0, 0.05) is 51.1 Å². The SMILES string of the molecule is C=S(C)(=O)Nc1cc(C)c2c(Nc3ccc(F)cc3OC(C)c3cccnc3)ncnc2c1. The maximum Gasteiger partial charge on any atom is 0.146 e. The summed E-state index contributed by atoms with van der Waals surface area (Å²) in [5.41, 5.74) is 3.61. The summed E-state index contributed by atoms with van der Waals surface area (Å²) in [4.78, 5) is 12.9. The van der Waals surface area contributed by atoms with Crippen molar-refractivity contribution in [2.75, 3.05) is 16.3 Å². The maximum absolute atomic E-state index is 14.1. The highest BCUT2D eigenvalue weighted by molar-refractivity contribution is 8.00. The molecule has 7 nitrogen and oxygen atoms in total. The Kier molecular flexibility index (Phi) is 6.15. The highest BCUT2D eigenvalue weighted by atomic mass is 32.2. The molecule has 2 aromatic carbocycles. The molecular formula is C24H24FN5O2S. The van der Waals surface area contributed by atoms with Crippen molar-refractivity contribution in [3.05, 3.63) is 78.1 Å². The second-order valence-electron chi connectivity index (χ2n) is 7.83. The number of nitrogens with one attached hydrogen (secondary N) is 2. The zero-order valence-electron chi connectivity index (χ0n) is 18.5. The highest BCUT2D eigenvalue weighted by Crippen LogP contribution is 2.35. The van der Waals surface area contributed by atoms with Crippen LogP contribution in [0.25, 0.3) is 10.9 Å². The first-order valence-corrected chi connectivity index (χ1v) is 12.3. The Morgan fingerprint density at radius 3 is 2.73 bits per heavy atom. The number of aromatic nitrogens is 3. The Balaban J connectivity index is 1.70. The van der Waals surface area contributed by atoms with Gasteiger partial charge < -0.3 is 14.8 Å². The number of rotatable bonds is 7. The van der Waals surface area contributed by atoms with E-state index in [1.165, 1.54) is 24.7 Å². The Labute approximate surface area is 192 Å². The Morgan fingerprint density at radius 2 is 2.00 bits per heavy atom. The average Bonchev–Trinajstić information content (AvgIpc) is 2.75. The van der Waals surface area contributed by atoms with Gasteiger partial charge in [0.25, 0.3) is 0 Å². The van der Waals surface area contributed by atoms with Crippen LogP contribution in [0.5, 0.6) is 5.75 Å². The molecular weight excluding hydrogens is 441 g/mol.